The predicted molar refractivity (Wildman–Crippen MR) is 70.1 cm³/mol. The van der Waals surface area contributed by atoms with Crippen molar-refractivity contribution in [3.05, 3.63) is 0 Å². The molecule has 0 aromatic rings. The number of nitrogens with one attached hydrogen (secondary N) is 1. The molecule has 2 nitrogen and oxygen atoms in total. The largest absolute Gasteiger partial charge is 0.406 e. The first-order valence-electron chi connectivity index (χ1n) is 7.38. The van der Waals surface area contributed by atoms with E-state index in [-0.39, 0.29) is 30.8 Å². The molecule has 112 valence electrons. The monoisotopic (exact) mass is 278 g/mol. The molecule has 0 amide bonds. The van der Waals surface area contributed by atoms with Crippen LogP contribution >= 0.6 is 0 Å². The van der Waals surface area contributed by atoms with Crippen LogP contribution in [0.15, 0.2) is 0 Å². The number of rotatable bonds is 4. The molecule has 0 bridgehead atoms. The van der Waals surface area contributed by atoms with Gasteiger partial charge in [0.2, 0.25) is 0 Å². The van der Waals surface area contributed by atoms with Crippen molar-refractivity contribution in [2.75, 3.05) is 13.1 Å². The van der Waals surface area contributed by atoms with Gasteiger partial charge in [-0.15, -0.1) is 0 Å². The number of hydrogen-bond acceptors (Lipinski definition) is 2. The summed E-state index contributed by atoms with van der Waals surface area (Å²) < 4.78 is 40.1. The molecule has 2 fully saturated rings. The average molecular weight is 278 g/mol. The minimum absolute atomic E-state index is 0.00256. The van der Waals surface area contributed by atoms with Crippen molar-refractivity contribution in [3.8, 4) is 0 Å². The Morgan fingerprint density at radius 1 is 1.32 bits per heavy atom. The summed E-state index contributed by atoms with van der Waals surface area (Å²) in [5.41, 5.74) is -1.52. The lowest BCUT2D eigenvalue weighted by Crippen LogP contribution is -2.65. The minimum Gasteiger partial charge on any atom is -0.311 e. The summed E-state index contributed by atoms with van der Waals surface area (Å²) in [6.45, 7) is 7.34. The molecule has 2 aliphatic rings. The molecule has 1 aliphatic heterocycles. The first-order chi connectivity index (χ1) is 8.82. The zero-order valence-corrected chi connectivity index (χ0v) is 12.1. The fraction of sp³-hybridized carbons (Fsp3) is 1.00. The molecule has 0 aromatic carbocycles. The van der Waals surface area contributed by atoms with Crippen molar-refractivity contribution in [1.29, 1.82) is 0 Å². The van der Waals surface area contributed by atoms with Crippen molar-refractivity contribution in [1.82, 2.24) is 10.2 Å². The van der Waals surface area contributed by atoms with Crippen LogP contribution in [0.4, 0.5) is 13.2 Å². The van der Waals surface area contributed by atoms with Crippen LogP contribution in [0.5, 0.6) is 0 Å². The Balaban J connectivity index is 2.17. The Morgan fingerprint density at radius 2 is 1.95 bits per heavy atom. The van der Waals surface area contributed by atoms with Gasteiger partial charge in [0, 0.05) is 25.2 Å². The first-order valence-corrected chi connectivity index (χ1v) is 7.38. The van der Waals surface area contributed by atoms with Gasteiger partial charge < -0.3 is 5.32 Å². The van der Waals surface area contributed by atoms with Crippen LogP contribution in [0.3, 0.4) is 0 Å². The number of halogens is 3. The maximum Gasteiger partial charge on any atom is 0.406 e. The quantitative estimate of drug-likeness (QED) is 0.849. The van der Waals surface area contributed by atoms with E-state index in [0.29, 0.717) is 13.1 Å². The lowest BCUT2D eigenvalue weighted by atomic mass is 9.94. The number of nitrogens with zero attached hydrogens (tertiary/aromatic N) is 1. The number of hydrogen-bond donors (Lipinski definition) is 1. The summed E-state index contributed by atoms with van der Waals surface area (Å²) in [4.78, 5) is 1.77. The zero-order valence-electron chi connectivity index (χ0n) is 12.1. The average Bonchev–Trinajstić information content (AvgIpc) is 3.09. The van der Waals surface area contributed by atoms with E-state index in [2.05, 4.69) is 12.2 Å². The van der Waals surface area contributed by atoms with E-state index in [1.54, 1.807) is 4.90 Å². The van der Waals surface area contributed by atoms with Gasteiger partial charge in [0.25, 0.3) is 0 Å². The Hall–Kier alpha value is -0.290. The van der Waals surface area contributed by atoms with Crippen molar-refractivity contribution >= 4 is 0 Å². The fourth-order valence-electron chi connectivity index (χ4n) is 3.32. The lowest BCUT2D eigenvalue weighted by molar-refractivity contribution is -0.209. The molecule has 5 heteroatoms. The third kappa shape index (κ3) is 2.77. The second-order valence-corrected chi connectivity index (χ2v) is 6.39. The second-order valence-electron chi connectivity index (χ2n) is 6.39. The van der Waals surface area contributed by atoms with Gasteiger partial charge in [-0.1, -0.05) is 27.2 Å². The van der Waals surface area contributed by atoms with E-state index in [1.807, 2.05) is 13.8 Å². The van der Waals surface area contributed by atoms with Crippen LogP contribution in [0.25, 0.3) is 0 Å². The molecule has 19 heavy (non-hydrogen) atoms. The van der Waals surface area contributed by atoms with Crippen molar-refractivity contribution < 1.29 is 13.2 Å². The molecule has 1 saturated carbocycles. The highest BCUT2D eigenvalue weighted by Gasteiger charge is 2.68. The fourth-order valence-corrected chi connectivity index (χ4v) is 3.32. The molecule has 0 radical (unpaired) electrons. The van der Waals surface area contributed by atoms with Gasteiger partial charge in [-0.05, 0) is 25.2 Å². The Labute approximate surface area is 113 Å². The van der Waals surface area contributed by atoms with Gasteiger partial charge in [-0.2, -0.15) is 13.2 Å². The first kappa shape index (κ1) is 15.1. The maximum atomic E-state index is 13.4. The number of piperazine rings is 1. The topological polar surface area (TPSA) is 15.3 Å². The summed E-state index contributed by atoms with van der Waals surface area (Å²) in [5.74, 6) is 0.245. The summed E-state index contributed by atoms with van der Waals surface area (Å²) in [6, 6.07) is 0.206. The third-order valence-electron chi connectivity index (χ3n) is 4.64. The van der Waals surface area contributed by atoms with E-state index in [0.717, 1.165) is 12.8 Å². The van der Waals surface area contributed by atoms with Crippen LogP contribution in [-0.4, -0.2) is 41.8 Å². The van der Waals surface area contributed by atoms with Crippen LogP contribution in [0.2, 0.25) is 0 Å². The summed E-state index contributed by atoms with van der Waals surface area (Å²) >= 11 is 0. The normalized spacial score (nSPS) is 31.7. The predicted octanol–water partition coefficient (Wildman–Crippen LogP) is 3.18. The SMILES string of the molecule is CCCC1CN(C2(C(F)(F)F)CC2)C(C(C)C)CN1. The molecular weight excluding hydrogens is 253 g/mol. The van der Waals surface area contributed by atoms with Crippen molar-refractivity contribution in [3.63, 3.8) is 0 Å². The Bertz CT molecular complexity index is 310. The summed E-state index contributed by atoms with van der Waals surface area (Å²) in [7, 11) is 0. The van der Waals surface area contributed by atoms with Gasteiger partial charge in [0.1, 0.15) is 5.54 Å². The summed E-state index contributed by atoms with van der Waals surface area (Å²) in [6.07, 6.45) is -1.57. The molecule has 1 N–H and O–H groups in total. The van der Waals surface area contributed by atoms with Crippen LogP contribution in [0, 0.1) is 5.92 Å². The molecule has 2 unspecified atom stereocenters. The standard InChI is InChI=1S/C14H25F3N2/c1-4-5-11-9-19(12(8-18-11)10(2)3)13(6-7-13)14(15,16)17/h10-12,18H,4-9H2,1-3H3. The van der Waals surface area contributed by atoms with Gasteiger partial charge in [0.05, 0.1) is 0 Å². The zero-order chi connectivity index (χ0) is 14.3. The third-order valence-corrected chi connectivity index (χ3v) is 4.64. The van der Waals surface area contributed by atoms with Crippen LogP contribution in [0.1, 0.15) is 46.5 Å². The van der Waals surface area contributed by atoms with Crippen LogP contribution < -0.4 is 5.32 Å². The number of alkyl halides is 3. The minimum atomic E-state index is -4.09. The Morgan fingerprint density at radius 3 is 2.37 bits per heavy atom. The van der Waals surface area contributed by atoms with E-state index in [4.69, 9.17) is 0 Å². The van der Waals surface area contributed by atoms with Crippen molar-refractivity contribution in [2.45, 2.75) is 70.3 Å². The van der Waals surface area contributed by atoms with Crippen LogP contribution in [-0.2, 0) is 0 Å². The smallest absolute Gasteiger partial charge is 0.311 e. The molecule has 1 aliphatic carbocycles. The Kier molecular flexibility index (Phi) is 4.17. The van der Waals surface area contributed by atoms with Crippen molar-refractivity contribution in [2.24, 2.45) is 5.92 Å². The highest BCUT2D eigenvalue weighted by molar-refractivity contribution is 5.13. The van der Waals surface area contributed by atoms with Gasteiger partial charge in [-0.25, -0.2) is 0 Å². The maximum absolute atomic E-state index is 13.4. The van der Waals surface area contributed by atoms with E-state index < -0.39 is 11.7 Å². The highest BCUT2D eigenvalue weighted by Crippen LogP contribution is 2.55. The molecule has 0 aromatic heterocycles. The molecule has 1 heterocycles. The molecule has 2 atom stereocenters. The van der Waals surface area contributed by atoms with Gasteiger partial charge in [-0.3, -0.25) is 4.90 Å². The van der Waals surface area contributed by atoms with Gasteiger partial charge in [0.15, 0.2) is 0 Å². The van der Waals surface area contributed by atoms with Gasteiger partial charge >= 0.3 is 6.18 Å². The molecular formula is C14H25F3N2. The van der Waals surface area contributed by atoms with E-state index in [1.165, 1.54) is 0 Å². The summed E-state index contributed by atoms with van der Waals surface area (Å²) in [5, 5.41) is 3.42. The molecule has 1 saturated heterocycles. The highest BCUT2D eigenvalue weighted by atomic mass is 19.4. The molecule has 2 rings (SSSR count). The molecule has 0 spiro atoms. The lowest BCUT2D eigenvalue weighted by Gasteiger charge is -2.47. The van der Waals surface area contributed by atoms with E-state index >= 15 is 0 Å². The van der Waals surface area contributed by atoms with E-state index in [9.17, 15) is 13.2 Å². The second kappa shape index (κ2) is 5.24.